The predicted octanol–water partition coefficient (Wildman–Crippen LogP) is 3.77. The first-order valence-electron chi connectivity index (χ1n) is 8.99. The van der Waals surface area contributed by atoms with Crippen molar-refractivity contribution in [3.05, 3.63) is 65.1 Å². The van der Waals surface area contributed by atoms with E-state index in [-0.39, 0.29) is 5.91 Å². The molecule has 0 saturated carbocycles. The first kappa shape index (κ1) is 19.8. The number of fused-ring (bicyclic) bond motifs is 1. The summed E-state index contributed by atoms with van der Waals surface area (Å²) in [7, 11) is 1.54. The lowest BCUT2D eigenvalue weighted by molar-refractivity contribution is -0.116. The molecular weight excluding hydrogens is 378 g/mol. The zero-order valence-electron chi connectivity index (χ0n) is 15.8. The van der Waals surface area contributed by atoms with Gasteiger partial charge in [0.2, 0.25) is 5.91 Å². The fraction of sp³-hybridized carbons (Fsp3) is 0.238. The molecule has 2 aromatic heterocycles. The summed E-state index contributed by atoms with van der Waals surface area (Å²) in [5.41, 5.74) is 2.58. The molecule has 0 aliphatic heterocycles. The highest BCUT2D eigenvalue weighted by Gasteiger charge is 2.10. The van der Waals surface area contributed by atoms with Gasteiger partial charge in [0.1, 0.15) is 5.65 Å². The second kappa shape index (κ2) is 9.28. The summed E-state index contributed by atoms with van der Waals surface area (Å²) in [4.78, 5) is 16.6. The number of carbonyl (C=O) groups is 1. The summed E-state index contributed by atoms with van der Waals surface area (Å²) in [6.07, 6.45) is 7.73. The number of rotatable bonds is 8. The highest BCUT2D eigenvalue weighted by molar-refractivity contribution is 6.32. The summed E-state index contributed by atoms with van der Waals surface area (Å²) in [6, 6.07) is 9.35. The molecule has 1 amide bonds. The number of hydrogen-bond acceptors (Lipinski definition) is 4. The van der Waals surface area contributed by atoms with Crippen LogP contribution < -0.4 is 14.8 Å². The Morgan fingerprint density at radius 1 is 1.36 bits per heavy atom. The van der Waals surface area contributed by atoms with Crippen LogP contribution in [0.25, 0.3) is 11.7 Å². The van der Waals surface area contributed by atoms with Gasteiger partial charge in [-0.15, -0.1) is 0 Å². The molecule has 0 aliphatic carbocycles. The van der Waals surface area contributed by atoms with Crippen LogP contribution in [-0.4, -0.2) is 35.6 Å². The lowest BCUT2D eigenvalue weighted by atomic mass is 10.2. The maximum absolute atomic E-state index is 12.1. The van der Waals surface area contributed by atoms with Crippen LogP contribution in [0.3, 0.4) is 0 Å². The topological polar surface area (TPSA) is 64.9 Å². The maximum atomic E-state index is 12.1. The summed E-state index contributed by atoms with van der Waals surface area (Å²) in [5.74, 6) is 0.843. The molecule has 1 N–H and O–H groups in total. The van der Waals surface area contributed by atoms with Gasteiger partial charge in [-0.1, -0.05) is 17.7 Å². The molecule has 0 fully saturated rings. The Kier molecular flexibility index (Phi) is 6.55. The van der Waals surface area contributed by atoms with Crippen molar-refractivity contribution in [1.29, 1.82) is 0 Å². The van der Waals surface area contributed by atoms with Crippen molar-refractivity contribution in [2.45, 2.75) is 13.3 Å². The summed E-state index contributed by atoms with van der Waals surface area (Å²) in [6.45, 7) is 2.87. The molecule has 0 saturated heterocycles. The van der Waals surface area contributed by atoms with Gasteiger partial charge in [0.05, 0.1) is 24.4 Å². The number of nitrogens with one attached hydrogen (secondary N) is 1. The van der Waals surface area contributed by atoms with Crippen molar-refractivity contribution in [3.8, 4) is 11.5 Å². The molecule has 0 bridgehead atoms. The normalized spacial score (nSPS) is 11.1. The van der Waals surface area contributed by atoms with Gasteiger partial charge in [-0.25, -0.2) is 4.98 Å². The number of amides is 1. The molecule has 28 heavy (non-hydrogen) atoms. The van der Waals surface area contributed by atoms with Crippen molar-refractivity contribution >= 4 is 29.2 Å². The van der Waals surface area contributed by atoms with E-state index in [9.17, 15) is 4.79 Å². The summed E-state index contributed by atoms with van der Waals surface area (Å²) >= 11 is 6.22. The van der Waals surface area contributed by atoms with Gasteiger partial charge in [-0.3, -0.25) is 4.79 Å². The molecule has 6 nitrogen and oxygen atoms in total. The molecule has 2 heterocycles. The number of halogens is 1. The maximum Gasteiger partial charge on any atom is 0.244 e. The van der Waals surface area contributed by atoms with E-state index in [4.69, 9.17) is 21.1 Å². The molecule has 0 aliphatic rings. The van der Waals surface area contributed by atoms with Crippen LogP contribution in [0.2, 0.25) is 5.02 Å². The van der Waals surface area contributed by atoms with E-state index >= 15 is 0 Å². The van der Waals surface area contributed by atoms with E-state index in [0.29, 0.717) is 36.1 Å². The molecule has 3 aromatic rings. The smallest absolute Gasteiger partial charge is 0.244 e. The van der Waals surface area contributed by atoms with Crippen LogP contribution in [0.4, 0.5) is 0 Å². The second-order valence-corrected chi connectivity index (χ2v) is 6.45. The minimum atomic E-state index is -0.186. The van der Waals surface area contributed by atoms with Crippen LogP contribution >= 0.6 is 11.6 Å². The van der Waals surface area contributed by atoms with E-state index in [0.717, 1.165) is 16.9 Å². The minimum Gasteiger partial charge on any atom is -0.491 e. The number of hydrogen-bond donors (Lipinski definition) is 1. The van der Waals surface area contributed by atoms with Crippen molar-refractivity contribution in [2.75, 3.05) is 20.3 Å². The van der Waals surface area contributed by atoms with Gasteiger partial charge < -0.3 is 19.2 Å². The third-order valence-electron chi connectivity index (χ3n) is 4.06. The van der Waals surface area contributed by atoms with Crippen molar-refractivity contribution in [3.63, 3.8) is 0 Å². The average molecular weight is 400 g/mol. The van der Waals surface area contributed by atoms with Gasteiger partial charge in [0.25, 0.3) is 0 Å². The Labute approximate surface area is 168 Å². The van der Waals surface area contributed by atoms with Crippen LogP contribution in [0.15, 0.2) is 48.8 Å². The molecular formula is C21H22ClN3O3. The largest absolute Gasteiger partial charge is 0.491 e. The lowest BCUT2D eigenvalue weighted by Crippen LogP contribution is -2.23. The third-order valence-corrected chi connectivity index (χ3v) is 4.34. The van der Waals surface area contributed by atoms with Gasteiger partial charge in [0, 0.05) is 31.4 Å². The van der Waals surface area contributed by atoms with E-state index < -0.39 is 0 Å². The first-order valence-corrected chi connectivity index (χ1v) is 9.37. The molecule has 0 atom stereocenters. The highest BCUT2D eigenvalue weighted by atomic mass is 35.5. The fourth-order valence-corrected chi connectivity index (χ4v) is 3.09. The quantitative estimate of drug-likeness (QED) is 0.585. The molecule has 7 heteroatoms. The van der Waals surface area contributed by atoms with E-state index in [1.807, 2.05) is 41.9 Å². The number of benzene rings is 1. The Balaban J connectivity index is 1.57. The van der Waals surface area contributed by atoms with Crippen LogP contribution in [-0.2, 0) is 11.2 Å². The number of nitrogens with zero attached hydrogens (tertiary/aromatic N) is 2. The number of carbonyl (C=O) groups excluding carboxylic acids is 1. The van der Waals surface area contributed by atoms with Crippen LogP contribution in [0, 0.1) is 0 Å². The van der Waals surface area contributed by atoms with Crippen molar-refractivity contribution < 1.29 is 14.3 Å². The second-order valence-electron chi connectivity index (χ2n) is 6.04. The number of pyridine rings is 1. The van der Waals surface area contributed by atoms with Gasteiger partial charge in [-0.05, 0) is 42.8 Å². The number of aromatic nitrogens is 2. The molecule has 146 valence electrons. The Morgan fingerprint density at radius 2 is 2.21 bits per heavy atom. The number of imidazole rings is 1. The van der Waals surface area contributed by atoms with Crippen LogP contribution in [0.1, 0.15) is 18.2 Å². The first-order chi connectivity index (χ1) is 13.6. The lowest BCUT2D eigenvalue weighted by Gasteiger charge is -2.11. The Hall–Kier alpha value is -2.99. The number of methoxy groups -OCH3 is 1. The zero-order chi connectivity index (χ0) is 19.9. The van der Waals surface area contributed by atoms with Crippen molar-refractivity contribution in [2.24, 2.45) is 0 Å². The van der Waals surface area contributed by atoms with E-state index in [2.05, 4.69) is 10.3 Å². The monoisotopic (exact) mass is 399 g/mol. The predicted molar refractivity (Wildman–Crippen MR) is 110 cm³/mol. The molecule has 0 radical (unpaired) electrons. The van der Waals surface area contributed by atoms with E-state index in [1.54, 1.807) is 18.2 Å². The van der Waals surface area contributed by atoms with E-state index in [1.165, 1.54) is 13.2 Å². The van der Waals surface area contributed by atoms with Crippen LogP contribution in [0.5, 0.6) is 11.5 Å². The molecule has 3 rings (SSSR count). The van der Waals surface area contributed by atoms with Gasteiger partial charge in [-0.2, -0.15) is 0 Å². The molecule has 1 aromatic carbocycles. The fourth-order valence-electron chi connectivity index (χ4n) is 2.80. The standard InChI is InChI=1S/C21H22ClN3O3/c1-3-28-18-13-15(12-17(22)21(18)27-2)7-8-20(26)23-10-9-16-14-25-11-5-4-6-19(25)24-16/h4-8,11-14H,3,9-10H2,1-2H3,(H,23,26)/b8-7+. The molecule has 0 unspecified atom stereocenters. The third kappa shape index (κ3) is 4.84. The zero-order valence-corrected chi connectivity index (χ0v) is 16.6. The van der Waals surface area contributed by atoms with Crippen molar-refractivity contribution in [1.82, 2.24) is 14.7 Å². The average Bonchev–Trinajstić information content (AvgIpc) is 3.09. The van der Waals surface area contributed by atoms with Gasteiger partial charge >= 0.3 is 0 Å². The Morgan fingerprint density at radius 3 is 2.96 bits per heavy atom. The SMILES string of the molecule is CCOc1cc(/C=C/C(=O)NCCc2cn3ccccc3n2)cc(Cl)c1OC. The van der Waals surface area contributed by atoms with Gasteiger partial charge in [0.15, 0.2) is 11.5 Å². The molecule has 0 spiro atoms. The minimum absolute atomic E-state index is 0.186. The summed E-state index contributed by atoms with van der Waals surface area (Å²) < 4.78 is 12.8. The Bertz CT molecular complexity index is 965. The summed E-state index contributed by atoms with van der Waals surface area (Å²) in [5, 5.41) is 3.29. The number of ether oxygens (including phenoxy) is 2. The highest BCUT2D eigenvalue weighted by Crippen LogP contribution is 2.36.